The van der Waals surface area contributed by atoms with Crippen LogP contribution in [0.25, 0.3) is 0 Å². The van der Waals surface area contributed by atoms with Crippen molar-refractivity contribution in [2.45, 2.75) is 11.8 Å². The Bertz CT molecular complexity index is 811. The molecule has 0 atom stereocenters. The highest BCUT2D eigenvalue weighted by atomic mass is 32.2. The number of benzene rings is 1. The van der Waals surface area contributed by atoms with Crippen molar-refractivity contribution >= 4 is 27.4 Å². The Balaban J connectivity index is 2.31. The van der Waals surface area contributed by atoms with E-state index in [1.807, 2.05) is 4.72 Å². The Labute approximate surface area is 133 Å². The second-order valence-electron chi connectivity index (χ2n) is 4.47. The van der Waals surface area contributed by atoms with E-state index in [1.165, 1.54) is 30.5 Å². The van der Waals surface area contributed by atoms with Crippen molar-refractivity contribution in [3.8, 4) is 0 Å². The summed E-state index contributed by atoms with van der Waals surface area (Å²) in [6, 6.07) is 6.13. The first-order valence-electron chi connectivity index (χ1n) is 6.69. The standard InChI is InChI=1S/C14H15FN4O3S/c1-2-17-14(20)19-23(21,22)13-9-16-7-6-12(13)18-11-5-3-4-10(15)8-11/h3-9H,2H2,1H3,(H,16,18)(H2,17,19,20). The van der Waals surface area contributed by atoms with E-state index in [0.29, 0.717) is 5.69 Å². The quantitative estimate of drug-likeness (QED) is 0.774. The fourth-order valence-corrected chi connectivity index (χ4v) is 2.83. The van der Waals surface area contributed by atoms with Gasteiger partial charge in [-0.05, 0) is 31.2 Å². The number of pyridine rings is 1. The van der Waals surface area contributed by atoms with Crippen molar-refractivity contribution in [2.24, 2.45) is 0 Å². The smallest absolute Gasteiger partial charge is 0.328 e. The molecule has 0 aliphatic carbocycles. The number of sulfonamides is 1. The number of rotatable bonds is 5. The molecule has 7 nitrogen and oxygen atoms in total. The Morgan fingerprint density at radius 1 is 1.30 bits per heavy atom. The van der Waals surface area contributed by atoms with Crippen molar-refractivity contribution in [3.63, 3.8) is 0 Å². The largest absolute Gasteiger partial charge is 0.354 e. The lowest BCUT2D eigenvalue weighted by atomic mass is 10.3. The van der Waals surface area contributed by atoms with E-state index in [4.69, 9.17) is 0 Å². The molecule has 1 aromatic heterocycles. The van der Waals surface area contributed by atoms with Crippen LogP contribution >= 0.6 is 0 Å². The minimum absolute atomic E-state index is 0.169. The number of hydrogen-bond donors (Lipinski definition) is 3. The monoisotopic (exact) mass is 338 g/mol. The number of nitrogens with zero attached hydrogens (tertiary/aromatic N) is 1. The molecule has 1 heterocycles. The second kappa shape index (κ2) is 7.05. The third kappa shape index (κ3) is 4.39. The number of carbonyl (C=O) groups excluding carboxylic acids is 1. The molecule has 0 aliphatic heterocycles. The predicted octanol–water partition coefficient (Wildman–Crippen LogP) is 1.97. The zero-order valence-electron chi connectivity index (χ0n) is 12.2. The van der Waals surface area contributed by atoms with Gasteiger partial charge in [-0.15, -0.1) is 0 Å². The molecule has 0 unspecified atom stereocenters. The maximum atomic E-state index is 13.2. The van der Waals surface area contributed by atoms with Gasteiger partial charge in [0.2, 0.25) is 0 Å². The Morgan fingerprint density at radius 3 is 2.78 bits per heavy atom. The van der Waals surface area contributed by atoms with Crippen LogP contribution in [0.4, 0.5) is 20.6 Å². The van der Waals surface area contributed by atoms with Crippen molar-refractivity contribution in [1.82, 2.24) is 15.0 Å². The van der Waals surface area contributed by atoms with Gasteiger partial charge in [0.25, 0.3) is 10.0 Å². The summed E-state index contributed by atoms with van der Waals surface area (Å²) in [5, 5.41) is 5.12. The van der Waals surface area contributed by atoms with Gasteiger partial charge in [0.15, 0.2) is 0 Å². The lowest BCUT2D eigenvalue weighted by Gasteiger charge is -2.13. The van der Waals surface area contributed by atoms with Crippen LogP contribution in [0.5, 0.6) is 0 Å². The van der Waals surface area contributed by atoms with Crippen LogP contribution in [0.3, 0.4) is 0 Å². The van der Waals surface area contributed by atoms with Crippen LogP contribution in [0, 0.1) is 5.82 Å². The number of halogens is 1. The predicted molar refractivity (Wildman–Crippen MR) is 83.3 cm³/mol. The minimum Gasteiger partial charge on any atom is -0.354 e. The maximum absolute atomic E-state index is 13.2. The molecule has 0 aliphatic rings. The van der Waals surface area contributed by atoms with E-state index >= 15 is 0 Å². The first-order valence-corrected chi connectivity index (χ1v) is 8.18. The molecule has 1 aromatic carbocycles. The van der Waals surface area contributed by atoms with Crippen LogP contribution in [0.1, 0.15) is 6.92 Å². The van der Waals surface area contributed by atoms with E-state index in [2.05, 4.69) is 15.6 Å². The lowest BCUT2D eigenvalue weighted by molar-refractivity contribution is 0.246. The number of carbonyl (C=O) groups is 1. The highest BCUT2D eigenvalue weighted by Gasteiger charge is 2.21. The number of hydrogen-bond acceptors (Lipinski definition) is 5. The van der Waals surface area contributed by atoms with Gasteiger partial charge in [-0.1, -0.05) is 6.07 Å². The molecule has 23 heavy (non-hydrogen) atoms. The molecular weight excluding hydrogens is 323 g/mol. The van der Waals surface area contributed by atoms with Crippen molar-refractivity contribution in [2.75, 3.05) is 11.9 Å². The van der Waals surface area contributed by atoms with Gasteiger partial charge in [0, 0.05) is 24.6 Å². The Morgan fingerprint density at radius 2 is 2.09 bits per heavy atom. The topological polar surface area (TPSA) is 100 Å². The molecule has 2 amide bonds. The number of amides is 2. The van der Waals surface area contributed by atoms with E-state index < -0.39 is 21.9 Å². The van der Waals surface area contributed by atoms with Crippen LogP contribution < -0.4 is 15.4 Å². The highest BCUT2D eigenvalue weighted by molar-refractivity contribution is 7.90. The summed E-state index contributed by atoms with van der Waals surface area (Å²) < 4.78 is 39.6. The maximum Gasteiger partial charge on any atom is 0.328 e. The lowest BCUT2D eigenvalue weighted by Crippen LogP contribution is -2.39. The Hall–Kier alpha value is -2.68. The summed E-state index contributed by atoms with van der Waals surface area (Å²) in [4.78, 5) is 15.0. The molecule has 0 fully saturated rings. The summed E-state index contributed by atoms with van der Waals surface area (Å²) >= 11 is 0. The molecule has 0 radical (unpaired) electrons. The summed E-state index contributed by atoms with van der Waals surface area (Å²) in [6.45, 7) is 1.94. The van der Waals surface area contributed by atoms with E-state index in [-0.39, 0.29) is 17.1 Å². The van der Waals surface area contributed by atoms with Gasteiger partial charge < -0.3 is 10.6 Å². The van der Waals surface area contributed by atoms with E-state index in [0.717, 1.165) is 6.20 Å². The molecule has 2 rings (SSSR count). The van der Waals surface area contributed by atoms with Gasteiger partial charge in [-0.3, -0.25) is 4.98 Å². The average molecular weight is 338 g/mol. The fraction of sp³-hybridized carbons (Fsp3) is 0.143. The molecule has 2 aromatic rings. The summed E-state index contributed by atoms with van der Waals surface area (Å²) in [6.07, 6.45) is 2.48. The third-order valence-corrected chi connectivity index (χ3v) is 4.10. The van der Waals surface area contributed by atoms with Crippen molar-refractivity contribution in [3.05, 3.63) is 48.5 Å². The zero-order valence-corrected chi connectivity index (χ0v) is 13.0. The van der Waals surface area contributed by atoms with Crippen molar-refractivity contribution in [1.29, 1.82) is 0 Å². The van der Waals surface area contributed by atoms with E-state index in [1.54, 1.807) is 13.0 Å². The van der Waals surface area contributed by atoms with E-state index in [9.17, 15) is 17.6 Å². The van der Waals surface area contributed by atoms with Crippen LogP contribution in [-0.4, -0.2) is 26.0 Å². The highest BCUT2D eigenvalue weighted by Crippen LogP contribution is 2.24. The zero-order chi connectivity index (χ0) is 16.9. The molecule has 0 spiro atoms. The molecule has 3 N–H and O–H groups in total. The molecule has 0 bridgehead atoms. The number of anilines is 2. The number of nitrogens with one attached hydrogen (secondary N) is 3. The first-order chi connectivity index (χ1) is 10.9. The first kappa shape index (κ1) is 16.7. The van der Waals surface area contributed by atoms with Crippen LogP contribution in [0.15, 0.2) is 47.6 Å². The minimum atomic E-state index is -4.12. The molecule has 122 valence electrons. The summed E-state index contributed by atoms with van der Waals surface area (Å²) in [5.74, 6) is -0.464. The summed E-state index contributed by atoms with van der Waals surface area (Å²) in [5.41, 5.74) is 0.535. The van der Waals surface area contributed by atoms with Gasteiger partial charge in [0.05, 0.1) is 5.69 Å². The normalized spacial score (nSPS) is 10.9. The SMILES string of the molecule is CCNC(=O)NS(=O)(=O)c1cnccc1Nc1cccc(F)c1. The van der Waals surface area contributed by atoms with Crippen molar-refractivity contribution < 1.29 is 17.6 Å². The number of aromatic nitrogens is 1. The van der Waals surface area contributed by atoms with Gasteiger partial charge in [-0.25, -0.2) is 22.3 Å². The average Bonchev–Trinajstić information content (AvgIpc) is 2.47. The van der Waals surface area contributed by atoms with Crippen LogP contribution in [-0.2, 0) is 10.0 Å². The summed E-state index contributed by atoms with van der Waals surface area (Å²) in [7, 11) is -4.12. The number of urea groups is 1. The third-order valence-electron chi connectivity index (χ3n) is 2.74. The Kier molecular flexibility index (Phi) is 5.12. The van der Waals surface area contributed by atoms with Gasteiger partial charge in [-0.2, -0.15) is 0 Å². The molecule has 0 saturated heterocycles. The second-order valence-corrected chi connectivity index (χ2v) is 6.12. The van der Waals surface area contributed by atoms with Crippen LogP contribution in [0.2, 0.25) is 0 Å². The fourth-order valence-electron chi connectivity index (χ4n) is 1.79. The molecule has 0 saturated carbocycles. The van der Waals surface area contributed by atoms with Gasteiger partial charge >= 0.3 is 6.03 Å². The molecule has 9 heteroatoms. The van der Waals surface area contributed by atoms with Gasteiger partial charge in [0.1, 0.15) is 10.7 Å². The molecular formula is C14H15FN4O3S.